The summed E-state index contributed by atoms with van der Waals surface area (Å²) in [6.45, 7) is 0. The molecule has 0 spiro atoms. The molecule has 0 atom stereocenters. The standard InChI is InChI=1S/C12H10N2/c1-3-7-11(8-4-1)13-14-12-9-5-2-6-10-12/h1-10H/i13+1,14+1. The van der Waals surface area contributed by atoms with E-state index in [1.54, 1.807) is 0 Å². The van der Waals surface area contributed by atoms with Gasteiger partial charge < -0.3 is 0 Å². The Hall–Kier alpha value is -1.96. The van der Waals surface area contributed by atoms with Gasteiger partial charge in [-0.1, -0.05) is 36.4 Å². The summed E-state index contributed by atoms with van der Waals surface area (Å²) >= 11 is 0. The first-order chi connectivity index (χ1) is 6.95. The number of nitrogens with zero attached hydrogens (tertiary/aromatic N) is 2. The molecule has 68 valence electrons. The van der Waals surface area contributed by atoms with E-state index in [9.17, 15) is 0 Å². The number of azo groups is 1. The van der Waals surface area contributed by atoms with Gasteiger partial charge in [0, 0.05) is 0 Å². The van der Waals surface area contributed by atoms with Crippen molar-refractivity contribution in [2.45, 2.75) is 0 Å². The van der Waals surface area contributed by atoms with Crippen molar-refractivity contribution in [1.82, 2.24) is 0 Å². The van der Waals surface area contributed by atoms with Crippen molar-refractivity contribution in [1.29, 1.82) is 0 Å². The Bertz CT molecular complexity index is 365. The van der Waals surface area contributed by atoms with Crippen LogP contribution in [0.5, 0.6) is 0 Å². The Morgan fingerprint density at radius 2 is 0.857 bits per heavy atom. The second-order valence-electron chi connectivity index (χ2n) is 2.87. The van der Waals surface area contributed by atoms with Crippen LogP contribution in [0.15, 0.2) is 70.9 Å². The number of hydrogen-bond donors (Lipinski definition) is 0. The summed E-state index contributed by atoms with van der Waals surface area (Å²) in [6.07, 6.45) is 0. The molecule has 2 heteroatoms. The van der Waals surface area contributed by atoms with Crippen LogP contribution in [0.4, 0.5) is 11.4 Å². The van der Waals surface area contributed by atoms with E-state index in [1.807, 2.05) is 60.7 Å². The molecule has 0 unspecified atom stereocenters. The lowest BCUT2D eigenvalue weighted by Crippen LogP contribution is -1.62. The molecule has 2 rings (SSSR count). The third-order valence-corrected chi connectivity index (χ3v) is 1.79. The normalized spacial score (nSPS) is 10.6. The highest BCUT2D eigenvalue weighted by Gasteiger charge is 1.86. The Balaban J connectivity index is 2.16. The zero-order valence-corrected chi connectivity index (χ0v) is 7.67. The van der Waals surface area contributed by atoms with Crippen LogP contribution < -0.4 is 0 Å². The van der Waals surface area contributed by atoms with Gasteiger partial charge in [-0.05, 0) is 24.3 Å². The summed E-state index contributed by atoms with van der Waals surface area (Å²) in [5.41, 5.74) is 1.74. The van der Waals surface area contributed by atoms with Crippen LogP contribution in [0.25, 0.3) is 0 Å². The molecule has 0 saturated carbocycles. The van der Waals surface area contributed by atoms with E-state index in [4.69, 9.17) is 0 Å². The first-order valence-corrected chi connectivity index (χ1v) is 4.47. The Labute approximate surface area is 82.9 Å². The van der Waals surface area contributed by atoms with Crippen molar-refractivity contribution >= 4 is 11.4 Å². The molecule has 0 aliphatic rings. The van der Waals surface area contributed by atoms with E-state index in [0.717, 1.165) is 11.4 Å². The number of benzene rings is 2. The minimum absolute atomic E-state index is 0.872. The fraction of sp³-hybridized carbons (Fsp3) is 0. The van der Waals surface area contributed by atoms with Crippen molar-refractivity contribution in [3.05, 3.63) is 60.7 Å². The predicted molar refractivity (Wildman–Crippen MR) is 57.1 cm³/mol. The predicted octanol–water partition coefficient (Wildman–Crippen LogP) is 4.10. The largest absolute Gasteiger partial charge is 0.151 e. The maximum Gasteiger partial charge on any atom is 0.0857 e. The topological polar surface area (TPSA) is 24.7 Å². The van der Waals surface area contributed by atoms with E-state index in [-0.39, 0.29) is 0 Å². The molecule has 2 aromatic carbocycles. The van der Waals surface area contributed by atoms with Crippen LogP contribution >= 0.6 is 0 Å². The first-order valence-electron chi connectivity index (χ1n) is 4.47. The lowest BCUT2D eigenvalue weighted by atomic mass is 10.3. The molecule has 0 aliphatic heterocycles. The Morgan fingerprint density at radius 3 is 1.21 bits per heavy atom. The highest BCUT2D eigenvalue weighted by atomic mass is 16.0. The smallest absolute Gasteiger partial charge is 0.0857 e. The molecule has 2 aromatic rings. The van der Waals surface area contributed by atoms with E-state index >= 15 is 0 Å². The van der Waals surface area contributed by atoms with Gasteiger partial charge in [0.1, 0.15) is 0 Å². The number of rotatable bonds is 2. The van der Waals surface area contributed by atoms with Crippen molar-refractivity contribution in [2.75, 3.05) is 0 Å². The Kier molecular flexibility index (Phi) is 2.67. The van der Waals surface area contributed by atoms with Gasteiger partial charge in [0.2, 0.25) is 0 Å². The summed E-state index contributed by atoms with van der Waals surface area (Å²) in [5.74, 6) is 0. The van der Waals surface area contributed by atoms with Crippen LogP contribution in [0.2, 0.25) is 0 Å². The molecule has 0 aromatic heterocycles. The average Bonchev–Trinajstić information content (AvgIpc) is 2.29. The van der Waals surface area contributed by atoms with Crippen LogP contribution in [0.3, 0.4) is 0 Å². The van der Waals surface area contributed by atoms with Gasteiger partial charge in [0.25, 0.3) is 0 Å². The third kappa shape index (κ3) is 2.26. The molecule has 0 aliphatic carbocycles. The van der Waals surface area contributed by atoms with Gasteiger partial charge in [-0.15, -0.1) is 0 Å². The molecular weight excluding hydrogens is 174 g/mol. The summed E-state index contributed by atoms with van der Waals surface area (Å²) in [6, 6.07) is 19.4. The first kappa shape index (κ1) is 8.63. The van der Waals surface area contributed by atoms with Crippen molar-refractivity contribution < 1.29 is 0 Å². The van der Waals surface area contributed by atoms with Gasteiger partial charge in [-0.25, -0.2) is 0 Å². The van der Waals surface area contributed by atoms with E-state index in [0.29, 0.717) is 0 Å². The van der Waals surface area contributed by atoms with Gasteiger partial charge in [0.15, 0.2) is 0 Å². The summed E-state index contributed by atoms with van der Waals surface area (Å²) < 4.78 is 0. The van der Waals surface area contributed by atoms with Crippen LogP contribution in [-0.2, 0) is 0 Å². The molecule has 0 saturated heterocycles. The second-order valence-corrected chi connectivity index (χ2v) is 2.87. The van der Waals surface area contributed by atoms with Crippen LogP contribution in [0.1, 0.15) is 0 Å². The van der Waals surface area contributed by atoms with Crippen molar-refractivity contribution in [3.63, 3.8) is 0 Å². The minimum Gasteiger partial charge on any atom is -0.151 e. The number of hydrogen-bond acceptors (Lipinski definition) is 2. The molecular formula is C12H10N2. The molecule has 2 nitrogen and oxygen atoms in total. The van der Waals surface area contributed by atoms with Crippen LogP contribution in [0, 0.1) is 0 Å². The molecule has 0 fully saturated rings. The van der Waals surface area contributed by atoms with E-state index in [2.05, 4.69) is 10.2 Å². The van der Waals surface area contributed by atoms with E-state index in [1.165, 1.54) is 0 Å². The second kappa shape index (κ2) is 4.33. The van der Waals surface area contributed by atoms with Gasteiger partial charge in [0.05, 0.1) is 11.4 Å². The maximum absolute atomic E-state index is 4.10. The minimum atomic E-state index is 0.872. The maximum atomic E-state index is 4.10. The Morgan fingerprint density at radius 1 is 0.500 bits per heavy atom. The summed E-state index contributed by atoms with van der Waals surface area (Å²) in [5, 5.41) is 8.20. The molecule has 14 heavy (non-hydrogen) atoms. The van der Waals surface area contributed by atoms with Crippen molar-refractivity contribution in [3.8, 4) is 0 Å². The zero-order valence-electron chi connectivity index (χ0n) is 7.67. The fourth-order valence-corrected chi connectivity index (χ4v) is 1.10. The zero-order chi connectivity index (χ0) is 9.64. The SMILES string of the molecule is c1ccc([15N]=[15N]c2ccccc2)cc1. The lowest BCUT2D eigenvalue weighted by Gasteiger charge is -1.91. The van der Waals surface area contributed by atoms with Gasteiger partial charge in [-0.3, -0.25) is 0 Å². The third-order valence-electron chi connectivity index (χ3n) is 1.79. The molecule has 0 bridgehead atoms. The monoisotopic (exact) mass is 184 g/mol. The fourth-order valence-electron chi connectivity index (χ4n) is 1.10. The molecule has 0 radical (unpaired) electrons. The summed E-state index contributed by atoms with van der Waals surface area (Å²) in [4.78, 5) is 0. The van der Waals surface area contributed by atoms with Crippen molar-refractivity contribution in [2.24, 2.45) is 10.2 Å². The highest BCUT2D eigenvalue weighted by Crippen LogP contribution is 2.16. The molecule has 0 heterocycles. The average molecular weight is 184 g/mol. The summed E-state index contributed by atoms with van der Waals surface area (Å²) in [7, 11) is 0. The molecule has 0 amide bonds. The van der Waals surface area contributed by atoms with Gasteiger partial charge >= 0.3 is 0 Å². The van der Waals surface area contributed by atoms with E-state index < -0.39 is 0 Å². The highest BCUT2D eigenvalue weighted by molar-refractivity contribution is 5.39. The van der Waals surface area contributed by atoms with Gasteiger partial charge in [-0.2, -0.15) is 10.2 Å². The quantitative estimate of drug-likeness (QED) is 0.495. The lowest BCUT2D eigenvalue weighted by molar-refractivity contribution is 1.23. The van der Waals surface area contributed by atoms with Crippen LogP contribution in [-0.4, -0.2) is 0 Å². The molecule has 0 N–H and O–H groups in total.